The second kappa shape index (κ2) is 5.95. The van der Waals surface area contributed by atoms with Gasteiger partial charge in [-0.1, -0.05) is 18.2 Å². The summed E-state index contributed by atoms with van der Waals surface area (Å²) in [5.74, 6) is 0.0617. The quantitative estimate of drug-likeness (QED) is 0.834. The number of hydrogen-bond acceptors (Lipinski definition) is 4. The Balaban J connectivity index is 1.78. The number of ether oxygens (including phenoxy) is 1. The molecule has 2 amide bonds. The summed E-state index contributed by atoms with van der Waals surface area (Å²) in [5.41, 5.74) is 1.48. The van der Waals surface area contributed by atoms with E-state index in [2.05, 4.69) is 5.32 Å². The van der Waals surface area contributed by atoms with Crippen molar-refractivity contribution in [1.82, 2.24) is 10.2 Å². The third kappa shape index (κ3) is 2.71. The van der Waals surface area contributed by atoms with E-state index in [9.17, 15) is 9.59 Å². The molecule has 0 aliphatic carbocycles. The van der Waals surface area contributed by atoms with Gasteiger partial charge >= 0.3 is 0 Å². The highest BCUT2D eigenvalue weighted by Gasteiger charge is 2.34. The van der Waals surface area contributed by atoms with Gasteiger partial charge in [-0.05, 0) is 25.1 Å². The molecule has 0 saturated carbocycles. The Kier molecular flexibility index (Phi) is 4.03. The summed E-state index contributed by atoms with van der Waals surface area (Å²) in [6, 6.07) is 7.44. The fourth-order valence-corrected chi connectivity index (χ4v) is 3.13. The molecule has 0 spiro atoms. The normalized spacial score (nSPS) is 23.3. The number of nitrogens with zero attached hydrogens (tertiary/aromatic N) is 1. The average Bonchev–Trinajstić information content (AvgIpc) is 3.01. The van der Waals surface area contributed by atoms with Gasteiger partial charge in [-0.15, -0.1) is 0 Å². The molecule has 2 atom stereocenters. The maximum atomic E-state index is 12.5. The molecule has 1 aromatic rings. The zero-order valence-electron chi connectivity index (χ0n) is 12.2. The van der Waals surface area contributed by atoms with Crippen LogP contribution in [0.25, 0.3) is 0 Å². The van der Waals surface area contributed by atoms with Gasteiger partial charge in [0.15, 0.2) is 0 Å². The molecule has 2 unspecified atom stereocenters. The van der Waals surface area contributed by atoms with Gasteiger partial charge in [0.2, 0.25) is 5.91 Å². The maximum Gasteiger partial charge on any atom is 0.260 e. The SMILES string of the molecule is CNC(CN1C(=O)Cc2ccccc2C1=O)C1CCOC1. The first kappa shape index (κ1) is 14.2. The van der Waals surface area contributed by atoms with E-state index in [-0.39, 0.29) is 17.9 Å². The Morgan fingerprint density at radius 2 is 2.19 bits per heavy atom. The number of nitrogens with one attached hydrogen (secondary N) is 1. The molecule has 2 heterocycles. The molecular weight excluding hydrogens is 268 g/mol. The average molecular weight is 288 g/mol. The summed E-state index contributed by atoms with van der Waals surface area (Å²) < 4.78 is 5.41. The van der Waals surface area contributed by atoms with Crippen LogP contribution < -0.4 is 5.32 Å². The van der Waals surface area contributed by atoms with Crippen LogP contribution in [-0.4, -0.2) is 49.6 Å². The second-order valence-corrected chi connectivity index (χ2v) is 5.66. The van der Waals surface area contributed by atoms with Crippen LogP contribution in [-0.2, 0) is 16.0 Å². The highest BCUT2D eigenvalue weighted by molar-refractivity contribution is 6.09. The van der Waals surface area contributed by atoms with E-state index < -0.39 is 0 Å². The van der Waals surface area contributed by atoms with Gasteiger partial charge in [0.1, 0.15) is 0 Å². The highest BCUT2D eigenvalue weighted by atomic mass is 16.5. The van der Waals surface area contributed by atoms with Crippen LogP contribution in [0.1, 0.15) is 22.3 Å². The van der Waals surface area contributed by atoms with Crippen molar-refractivity contribution in [2.75, 3.05) is 26.8 Å². The molecule has 3 rings (SSSR count). The van der Waals surface area contributed by atoms with Gasteiger partial charge in [0.05, 0.1) is 13.0 Å². The summed E-state index contributed by atoms with van der Waals surface area (Å²) in [6.45, 7) is 1.86. The zero-order valence-corrected chi connectivity index (χ0v) is 12.2. The lowest BCUT2D eigenvalue weighted by molar-refractivity contribution is -0.128. The van der Waals surface area contributed by atoms with Crippen LogP contribution in [0.5, 0.6) is 0 Å². The molecule has 5 heteroatoms. The minimum Gasteiger partial charge on any atom is -0.381 e. The lowest BCUT2D eigenvalue weighted by Crippen LogP contribution is -2.51. The molecule has 2 aliphatic heterocycles. The Morgan fingerprint density at radius 1 is 1.38 bits per heavy atom. The van der Waals surface area contributed by atoms with Crippen molar-refractivity contribution in [2.24, 2.45) is 5.92 Å². The van der Waals surface area contributed by atoms with E-state index >= 15 is 0 Å². The van der Waals surface area contributed by atoms with E-state index in [0.29, 0.717) is 31.1 Å². The first-order valence-corrected chi connectivity index (χ1v) is 7.38. The minimum atomic E-state index is -0.180. The van der Waals surface area contributed by atoms with E-state index in [1.807, 2.05) is 25.2 Å². The molecule has 2 aliphatic rings. The van der Waals surface area contributed by atoms with Gasteiger partial charge in [-0.25, -0.2) is 0 Å². The van der Waals surface area contributed by atoms with E-state index in [1.54, 1.807) is 6.07 Å². The van der Waals surface area contributed by atoms with Crippen molar-refractivity contribution in [2.45, 2.75) is 18.9 Å². The standard InChI is InChI=1S/C16H20N2O3/c1-17-14(12-6-7-21-10-12)9-18-15(19)8-11-4-2-3-5-13(11)16(18)20/h2-5,12,14,17H,6-10H2,1H3. The van der Waals surface area contributed by atoms with Crippen LogP contribution in [0.2, 0.25) is 0 Å². The number of amides is 2. The molecule has 0 radical (unpaired) electrons. The zero-order chi connectivity index (χ0) is 14.8. The molecule has 1 fully saturated rings. The van der Waals surface area contributed by atoms with Gasteiger partial charge in [-0.2, -0.15) is 0 Å². The van der Waals surface area contributed by atoms with Crippen LogP contribution in [0.15, 0.2) is 24.3 Å². The molecule has 0 bridgehead atoms. The van der Waals surface area contributed by atoms with Crippen LogP contribution in [0.3, 0.4) is 0 Å². The Bertz CT molecular complexity index is 552. The Hall–Kier alpha value is -1.72. The number of fused-ring (bicyclic) bond motifs is 1. The monoisotopic (exact) mass is 288 g/mol. The first-order chi connectivity index (χ1) is 10.2. The van der Waals surface area contributed by atoms with Crippen molar-refractivity contribution in [1.29, 1.82) is 0 Å². The lowest BCUT2D eigenvalue weighted by atomic mass is 9.95. The smallest absolute Gasteiger partial charge is 0.260 e. The van der Waals surface area contributed by atoms with E-state index in [4.69, 9.17) is 4.74 Å². The molecule has 112 valence electrons. The minimum absolute atomic E-state index is 0.0886. The predicted octanol–water partition coefficient (Wildman–Crippen LogP) is 0.836. The summed E-state index contributed by atoms with van der Waals surface area (Å²) >= 11 is 0. The highest BCUT2D eigenvalue weighted by Crippen LogP contribution is 2.22. The molecular formula is C16H20N2O3. The van der Waals surface area contributed by atoms with E-state index in [1.165, 1.54) is 4.90 Å². The molecule has 5 nitrogen and oxygen atoms in total. The number of carbonyl (C=O) groups excluding carboxylic acids is 2. The van der Waals surface area contributed by atoms with Crippen molar-refractivity contribution in [3.05, 3.63) is 35.4 Å². The number of likely N-dealkylation sites (N-methyl/N-ethyl adjacent to an activating group) is 1. The molecule has 0 aromatic heterocycles. The fraction of sp³-hybridized carbons (Fsp3) is 0.500. The summed E-state index contributed by atoms with van der Waals surface area (Å²) in [7, 11) is 1.87. The second-order valence-electron chi connectivity index (χ2n) is 5.66. The van der Waals surface area contributed by atoms with Crippen LogP contribution >= 0.6 is 0 Å². The molecule has 1 saturated heterocycles. The number of imide groups is 1. The summed E-state index contributed by atoms with van der Waals surface area (Å²) in [6.07, 6.45) is 1.28. The van der Waals surface area contributed by atoms with Gasteiger partial charge in [0, 0.05) is 30.7 Å². The van der Waals surface area contributed by atoms with Gasteiger partial charge in [0.25, 0.3) is 5.91 Å². The molecule has 21 heavy (non-hydrogen) atoms. The van der Waals surface area contributed by atoms with Gasteiger partial charge < -0.3 is 10.1 Å². The van der Waals surface area contributed by atoms with Crippen molar-refractivity contribution < 1.29 is 14.3 Å². The molecule has 1 N–H and O–H groups in total. The van der Waals surface area contributed by atoms with Crippen molar-refractivity contribution in [3.63, 3.8) is 0 Å². The maximum absolute atomic E-state index is 12.5. The fourth-order valence-electron chi connectivity index (χ4n) is 3.13. The van der Waals surface area contributed by atoms with Gasteiger partial charge in [-0.3, -0.25) is 14.5 Å². The number of rotatable bonds is 4. The predicted molar refractivity (Wildman–Crippen MR) is 78.0 cm³/mol. The number of benzene rings is 1. The first-order valence-electron chi connectivity index (χ1n) is 7.38. The Labute approximate surface area is 124 Å². The third-order valence-electron chi connectivity index (χ3n) is 4.42. The summed E-state index contributed by atoms with van der Waals surface area (Å²) in [4.78, 5) is 26.2. The van der Waals surface area contributed by atoms with Crippen LogP contribution in [0.4, 0.5) is 0 Å². The van der Waals surface area contributed by atoms with Crippen molar-refractivity contribution in [3.8, 4) is 0 Å². The topological polar surface area (TPSA) is 58.6 Å². The third-order valence-corrected chi connectivity index (χ3v) is 4.42. The lowest BCUT2D eigenvalue weighted by Gasteiger charge is -2.32. The Morgan fingerprint density at radius 3 is 2.90 bits per heavy atom. The van der Waals surface area contributed by atoms with E-state index in [0.717, 1.165) is 18.6 Å². The number of carbonyl (C=O) groups is 2. The van der Waals surface area contributed by atoms with Crippen molar-refractivity contribution >= 4 is 11.8 Å². The molecule has 1 aromatic carbocycles. The summed E-state index contributed by atoms with van der Waals surface area (Å²) in [5, 5.41) is 3.23. The number of hydrogen-bond donors (Lipinski definition) is 1. The van der Waals surface area contributed by atoms with Crippen LogP contribution in [0, 0.1) is 5.92 Å². The largest absolute Gasteiger partial charge is 0.381 e.